The molecule has 2 rings (SSSR count). The summed E-state index contributed by atoms with van der Waals surface area (Å²) in [5, 5.41) is 18.7. The van der Waals surface area contributed by atoms with E-state index in [4.69, 9.17) is 0 Å². The van der Waals surface area contributed by atoms with Gasteiger partial charge in [-0.1, -0.05) is 6.07 Å². The Hall–Kier alpha value is -1.70. The number of carbonyl (C=O) groups is 1. The lowest BCUT2D eigenvalue weighted by molar-refractivity contribution is -0.118. The molecular formula is C16H24N4O2S. The number of aromatic nitrogens is 2. The number of carbonyl (C=O) groups excluding carboxylic acids is 1. The number of thiophene rings is 1. The molecule has 2 heterocycles. The van der Waals surface area contributed by atoms with Crippen LogP contribution in [0.2, 0.25) is 0 Å². The van der Waals surface area contributed by atoms with Crippen molar-refractivity contribution in [3.63, 3.8) is 0 Å². The molecule has 0 saturated heterocycles. The van der Waals surface area contributed by atoms with Gasteiger partial charge in [0.2, 0.25) is 5.91 Å². The number of rotatable bonds is 8. The lowest BCUT2D eigenvalue weighted by Gasteiger charge is -2.26. The van der Waals surface area contributed by atoms with Gasteiger partial charge in [-0.05, 0) is 32.2 Å². The topological polar surface area (TPSA) is 70.4 Å². The zero-order valence-corrected chi connectivity index (χ0v) is 14.6. The standard InChI is InChI=1S/C16H24N4O2S/c1-12(2)19(9-13(3)21)11-16(22)18-15-6-7-17-20(15)10-14-5-4-8-23-14/h4-8,12-13,21H,9-11H2,1-3H3,(H,18,22). The quantitative estimate of drug-likeness (QED) is 0.774. The molecule has 2 aromatic rings. The third-order valence-corrected chi connectivity index (χ3v) is 4.31. The largest absolute Gasteiger partial charge is 0.392 e. The number of aliphatic hydroxyl groups is 1. The van der Waals surface area contributed by atoms with Crippen molar-refractivity contribution in [1.29, 1.82) is 0 Å². The first kappa shape index (κ1) is 17.7. The summed E-state index contributed by atoms with van der Waals surface area (Å²) in [4.78, 5) is 15.4. The molecule has 6 nitrogen and oxygen atoms in total. The monoisotopic (exact) mass is 336 g/mol. The Labute approximate surface area is 140 Å². The average molecular weight is 336 g/mol. The van der Waals surface area contributed by atoms with Gasteiger partial charge in [0.15, 0.2) is 0 Å². The fraction of sp³-hybridized carbons (Fsp3) is 0.500. The van der Waals surface area contributed by atoms with Gasteiger partial charge in [-0.25, -0.2) is 4.68 Å². The fourth-order valence-corrected chi connectivity index (χ4v) is 2.97. The zero-order valence-electron chi connectivity index (χ0n) is 13.8. The average Bonchev–Trinajstić information content (AvgIpc) is 3.11. The second-order valence-electron chi connectivity index (χ2n) is 5.87. The summed E-state index contributed by atoms with van der Waals surface area (Å²) in [6, 6.07) is 6.02. The Balaban J connectivity index is 1.96. The maximum atomic E-state index is 12.3. The summed E-state index contributed by atoms with van der Waals surface area (Å²) in [5.41, 5.74) is 0. The summed E-state index contributed by atoms with van der Waals surface area (Å²) in [7, 11) is 0. The maximum absolute atomic E-state index is 12.3. The lowest BCUT2D eigenvalue weighted by atomic mass is 10.2. The van der Waals surface area contributed by atoms with Gasteiger partial charge in [-0.2, -0.15) is 5.10 Å². The molecule has 1 atom stereocenters. The summed E-state index contributed by atoms with van der Waals surface area (Å²) >= 11 is 1.66. The van der Waals surface area contributed by atoms with Crippen LogP contribution in [0.5, 0.6) is 0 Å². The Morgan fingerprint density at radius 1 is 1.43 bits per heavy atom. The van der Waals surface area contributed by atoms with Crippen LogP contribution in [-0.4, -0.2) is 50.9 Å². The molecule has 126 valence electrons. The Kier molecular flexibility index (Phi) is 6.32. The van der Waals surface area contributed by atoms with E-state index in [1.54, 1.807) is 35.2 Å². The van der Waals surface area contributed by atoms with Crippen LogP contribution in [0, 0.1) is 0 Å². The van der Waals surface area contributed by atoms with Crippen molar-refractivity contribution in [1.82, 2.24) is 14.7 Å². The van der Waals surface area contributed by atoms with Crippen molar-refractivity contribution < 1.29 is 9.90 Å². The predicted molar refractivity (Wildman–Crippen MR) is 92.7 cm³/mol. The first-order valence-corrected chi connectivity index (χ1v) is 8.60. The van der Waals surface area contributed by atoms with Gasteiger partial charge in [-0.3, -0.25) is 9.69 Å². The Morgan fingerprint density at radius 2 is 2.22 bits per heavy atom. The van der Waals surface area contributed by atoms with Crippen molar-refractivity contribution >= 4 is 23.1 Å². The molecule has 2 aromatic heterocycles. The van der Waals surface area contributed by atoms with Crippen LogP contribution in [0.25, 0.3) is 0 Å². The third-order valence-electron chi connectivity index (χ3n) is 3.45. The molecule has 0 saturated carbocycles. The minimum Gasteiger partial charge on any atom is -0.392 e. The first-order valence-electron chi connectivity index (χ1n) is 7.72. The molecule has 0 aliphatic carbocycles. The first-order chi connectivity index (χ1) is 11.0. The van der Waals surface area contributed by atoms with Crippen LogP contribution in [0.4, 0.5) is 5.82 Å². The highest BCUT2D eigenvalue weighted by Crippen LogP contribution is 2.14. The zero-order chi connectivity index (χ0) is 16.8. The molecule has 2 N–H and O–H groups in total. The smallest absolute Gasteiger partial charge is 0.239 e. The Bertz CT molecular complexity index is 607. The summed E-state index contributed by atoms with van der Waals surface area (Å²) < 4.78 is 1.78. The highest BCUT2D eigenvalue weighted by molar-refractivity contribution is 7.09. The molecule has 7 heteroatoms. The SMILES string of the molecule is CC(O)CN(CC(=O)Nc1ccnn1Cc1cccs1)C(C)C. The van der Waals surface area contributed by atoms with Crippen LogP contribution >= 0.6 is 11.3 Å². The van der Waals surface area contributed by atoms with E-state index in [-0.39, 0.29) is 18.5 Å². The number of hydrogen-bond donors (Lipinski definition) is 2. The van der Waals surface area contributed by atoms with Gasteiger partial charge < -0.3 is 10.4 Å². The van der Waals surface area contributed by atoms with Crippen molar-refractivity contribution in [3.05, 3.63) is 34.7 Å². The normalized spacial score (nSPS) is 12.8. The van der Waals surface area contributed by atoms with E-state index in [2.05, 4.69) is 10.4 Å². The number of amides is 1. The molecule has 0 spiro atoms. The number of nitrogens with one attached hydrogen (secondary N) is 1. The molecule has 0 aliphatic rings. The van der Waals surface area contributed by atoms with Crippen molar-refractivity contribution in [2.75, 3.05) is 18.4 Å². The predicted octanol–water partition coefficient (Wildman–Crippen LogP) is 2.02. The maximum Gasteiger partial charge on any atom is 0.239 e. The van der Waals surface area contributed by atoms with E-state index in [9.17, 15) is 9.90 Å². The number of aliphatic hydroxyl groups excluding tert-OH is 1. The van der Waals surface area contributed by atoms with E-state index < -0.39 is 6.10 Å². The van der Waals surface area contributed by atoms with Crippen molar-refractivity contribution in [3.8, 4) is 0 Å². The lowest BCUT2D eigenvalue weighted by Crippen LogP contribution is -2.42. The van der Waals surface area contributed by atoms with Crippen LogP contribution in [0.1, 0.15) is 25.6 Å². The molecule has 23 heavy (non-hydrogen) atoms. The summed E-state index contributed by atoms with van der Waals surface area (Å²) in [6.45, 7) is 7.10. The van der Waals surface area contributed by atoms with Crippen LogP contribution < -0.4 is 5.32 Å². The Morgan fingerprint density at radius 3 is 2.83 bits per heavy atom. The van der Waals surface area contributed by atoms with Crippen LogP contribution in [-0.2, 0) is 11.3 Å². The van der Waals surface area contributed by atoms with Gasteiger partial charge in [0.05, 0.1) is 25.4 Å². The third kappa shape index (κ3) is 5.46. The van der Waals surface area contributed by atoms with Crippen LogP contribution in [0.15, 0.2) is 29.8 Å². The molecule has 1 unspecified atom stereocenters. The second kappa shape index (κ2) is 8.24. The highest BCUT2D eigenvalue weighted by atomic mass is 32.1. The van der Waals surface area contributed by atoms with Crippen molar-refractivity contribution in [2.45, 2.75) is 39.5 Å². The fourth-order valence-electron chi connectivity index (χ4n) is 2.28. The van der Waals surface area contributed by atoms with E-state index in [0.29, 0.717) is 18.9 Å². The molecular weight excluding hydrogens is 312 g/mol. The van der Waals surface area contributed by atoms with Gasteiger partial charge in [0.25, 0.3) is 0 Å². The van der Waals surface area contributed by atoms with Gasteiger partial charge in [0, 0.05) is 23.5 Å². The summed E-state index contributed by atoms with van der Waals surface area (Å²) in [6.07, 6.45) is 1.22. The molecule has 0 bridgehead atoms. The highest BCUT2D eigenvalue weighted by Gasteiger charge is 2.17. The van der Waals surface area contributed by atoms with Gasteiger partial charge in [0.1, 0.15) is 5.82 Å². The van der Waals surface area contributed by atoms with E-state index >= 15 is 0 Å². The van der Waals surface area contributed by atoms with Gasteiger partial charge >= 0.3 is 0 Å². The number of anilines is 1. The van der Waals surface area contributed by atoms with Gasteiger partial charge in [-0.15, -0.1) is 11.3 Å². The minimum atomic E-state index is -0.463. The van der Waals surface area contributed by atoms with E-state index in [1.165, 1.54) is 4.88 Å². The minimum absolute atomic E-state index is 0.104. The molecule has 0 aromatic carbocycles. The molecule has 0 radical (unpaired) electrons. The number of hydrogen-bond acceptors (Lipinski definition) is 5. The second-order valence-corrected chi connectivity index (χ2v) is 6.91. The summed E-state index contributed by atoms with van der Waals surface area (Å²) in [5.74, 6) is 0.580. The number of nitrogens with zero attached hydrogens (tertiary/aromatic N) is 3. The van der Waals surface area contributed by atoms with Crippen LogP contribution in [0.3, 0.4) is 0 Å². The molecule has 0 fully saturated rings. The molecule has 0 aliphatic heterocycles. The van der Waals surface area contributed by atoms with E-state index in [1.807, 2.05) is 36.3 Å². The van der Waals surface area contributed by atoms with Crippen molar-refractivity contribution in [2.24, 2.45) is 0 Å². The molecule has 1 amide bonds. The van der Waals surface area contributed by atoms with E-state index in [0.717, 1.165) is 0 Å².